The predicted octanol–water partition coefficient (Wildman–Crippen LogP) is 5.28. The summed E-state index contributed by atoms with van der Waals surface area (Å²) in [6.07, 6.45) is 0.352. The minimum absolute atomic E-state index is 0.146. The lowest BCUT2D eigenvalue weighted by atomic mass is 9.62. The Bertz CT molecular complexity index is 1270. The van der Waals surface area contributed by atoms with Crippen molar-refractivity contribution in [2.75, 3.05) is 20.3 Å². The van der Waals surface area contributed by atoms with Gasteiger partial charge in [-0.1, -0.05) is 35.9 Å². The molecule has 7 nitrogen and oxygen atoms in total. The van der Waals surface area contributed by atoms with E-state index in [1.54, 1.807) is 52.1 Å². The van der Waals surface area contributed by atoms with Crippen LogP contribution in [0.5, 0.6) is 5.75 Å². The lowest BCUT2D eigenvalue weighted by Crippen LogP contribution is -2.48. The molecular weight excluding hydrogens is 494 g/mol. The molecule has 2 aromatic rings. The number of allylic oxidation sites excluding steroid dienone is 1. The first kappa shape index (κ1) is 26.6. The Kier molecular flexibility index (Phi) is 8.13. The number of methoxy groups -OCH3 is 1. The van der Waals surface area contributed by atoms with E-state index in [9.17, 15) is 14.4 Å². The fraction of sp³-hybridized carbons (Fsp3) is 0.379. The van der Waals surface area contributed by atoms with Crippen molar-refractivity contribution in [1.29, 1.82) is 0 Å². The van der Waals surface area contributed by atoms with Crippen LogP contribution < -0.4 is 4.74 Å². The molecule has 1 saturated carbocycles. The van der Waals surface area contributed by atoms with Crippen LogP contribution in [0.2, 0.25) is 5.02 Å². The Labute approximate surface area is 221 Å². The number of benzene rings is 2. The third kappa shape index (κ3) is 5.18. The zero-order chi connectivity index (χ0) is 26.7. The number of carbonyl (C=O) groups excluding carboxylic acids is 3. The van der Waals surface area contributed by atoms with E-state index in [4.69, 9.17) is 30.8 Å². The number of carbonyl (C=O) groups is 3. The smallest absolute Gasteiger partial charge is 0.336 e. The van der Waals surface area contributed by atoms with Crippen LogP contribution in [0.3, 0.4) is 0 Å². The molecule has 8 heteroatoms. The Morgan fingerprint density at radius 3 is 2.35 bits per heavy atom. The maximum atomic E-state index is 14.3. The topological polar surface area (TPSA) is 91.3 Å². The number of nitrogens with zero attached hydrogens (tertiary/aromatic N) is 1. The standard InChI is InChI=1S/C29H30ClNO6/c1-5-36-28(33)23-16(3)31-22-15-21(18-8-7-9-20(14-18)35-4)25(29(34)37-6-2)27(32)26(22)24(23)17-10-12-19(30)13-11-17/h7-14,21,24-26H,5-6,15H2,1-4H3/t21-,24+,25+,26?/m0/s1. The monoisotopic (exact) mass is 523 g/mol. The van der Waals surface area contributed by atoms with Gasteiger partial charge in [0.15, 0.2) is 5.78 Å². The molecule has 1 aliphatic carbocycles. The molecule has 1 aliphatic heterocycles. The third-order valence-corrected chi connectivity index (χ3v) is 7.19. The van der Waals surface area contributed by atoms with Gasteiger partial charge < -0.3 is 14.2 Å². The Balaban J connectivity index is 1.89. The molecule has 0 aromatic heterocycles. The van der Waals surface area contributed by atoms with Crippen molar-refractivity contribution in [3.8, 4) is 5.75 Å². The lowest BCUT2D eigenvalue weighted by molar-refractivity contribution is -0.153. The van der Waals surface area contributed by atoms with Crippen molar-refractivity contribution in [3.05, 3.63) is 76.0 Å². The van der Waals surface area contributed by atoms with Gasteiger partial charge in [-0.2, -0.15) is 0 Å². The quantitative estimate of drug-likeness (QED) is 0.362. The molecule has 0 amide bonds. The maximum Gasteiger partial charge on any atom is 0.336 e. The first-order valence-corrected chi connectivity index (χ1v) is 12.7. The van der Waals surface area contributed by atoms with Gasteiger partial charge in [-0.05, 0) is 62.6 Å². The minimum Gasteiger partial charge on any atom is -0.497 e. The summed E-state index contributed by atoms with van der Waals surface area (Å²) in [4.78, 5) is 45.4. The fourth-order valence-electron chi connectivity index (χ4n) is 5.37. The van der Waals surface area contributed by atoms with E-state index < -0.39 is 35.6 Å². The zero-order valence-corrected chi connectivity index (χ0v) is 22.1. The third-order valence-electron chi connectivity index (χ3n) is 6.94. The molecule has 1 fully saturated rings. The molecule has 4 rings (SSSR count). The summed E-state index contributed by atoms with van der Waals surface area (Å²) < 4.78 is 16.1. The van der Waals surface area contributed by atoms with Crippen molar-refractivity contribution >= 4 is 35.0 Å². The molecule has 2 aromatic carbocycles. The normalized spacial score (nSPS) is 23.2. The number of esters is 2. The highest BCUT2D eigenvalue weighted by molar-refractivity contribution is 6.30. The summed E-state index contributed by atoms with van der Waals surface area (Å²) in [6.45, 7) is 5.51. The van der Waals surface area contributed by atoms with Crippen LogP contribution in [0.4, 0.5) is 0 Å². The van der Waals surface area contributed by atoms with Crippen LogP contribution in [0.15, 0.2) is 64.8 Å². The number of aliphatic imine (C=N–C) groups is 1. The molecule has 2 aliphatic rings. The summed E-state index contributed by atoms with van der Waals surface area (Å²) >= 11 is 6.14. The van der Waals surface area contributed by atoms with E-state index >= 15 is 0 Å². The number of ether oxygens (including phenoxy) is 3. The van der Waals surface area contributed by atoms with E-state index in [0.29, 0.717) is 34.2 Å². The van der Waals surface area contributed by atoms with Gasteiger partial charge in [0.25, 0.3) is 0 Å². The average Bonchev–Trinajstić information content (AvgIpc) is 2.88. The van der Waals surface area contributed by atoms with Gasteiger partial charge in [0, 0.05) is 28.3 Å². The molecule has 194 valence electrons. The maximum absolute atomic E-state index is 14.3. The van der Waals surface area contributed by atoms with Gasteiger partial charge in [-0.15, -0.1) is 0 Å². The van der Waals surface area contributed by atoms with E-state index in [2.05, 4.69) is 0 Å². The van der Waals surface area contributed by atoms with Crippen LogP contribution in [-0.2, 0) is 23.9 Å². The highest BCUT2D eigenvalue weighted by atomic mass is 35.5. The van der Waals surface area contributed by atoms with E-state index in [1.807, 2.05) is 24.3 Å². The van der Waals surface area contributed by atoms with Gasteiger partial charge in [0.2, 0.25) is 0 Å². The molecule has 0 N–H and O–H groups in total. The number of halogens is 1. The molecule has 1 unspecified atom stereocenters. The first-order valence-electron chi connectivity index (χ1n) is 12.4. The molecule has 0 bridgehead atoms. The highest BCUT2D eigenvalue weighted by Gasteiger charge is 2.53. The van der Waals surface area contributed by atoms with Crippen molar-refractivity contribution in [1.82, 2.24) is 0 Å². The molecule has 4 atom stereocenters. The van der Waals surface area contributed by atoms with Crippen LogP contribution >= 0.6 is 11.6 Å². The van der Waals surface area contributed by atoms with E-state index in [1.165, 1.54) is 0 Å². The molecule has 0 radical (unpaired) electrons. The van der Waals surface area contributed by atoms with Crippen molar-refractivity contribution < 1.29 is 28.6 Å². The Morgan fingerprint density at radius 1 is 1.00 bits per heavy atom. The number of hydrogen-bond donors (Lipinski definition) is 0. The molecular formula is C29H30ClNO6. The van der Waals surface area contributed by atoms with Gasteiger partial charge >= 0.3 is 11.9 Å². The van der Waals surface area contributed by atoms with Gasteiger partial charge in [0.1, 0.15) is 11.7 Å². The number of hydrogen-bond acceptors (Lipinski definition) is 7. The van der Waals surface area contributed by atoms with Gasteiger partial charge in [-0.25, -0.2) is 4.79 Å². The number of ketones is 1. The Hall–Kier alpha value is -3.45. The number of fused-ring (bicyclic) bond motifs is 1. The van der Waals surface area contributed by atoms with Crippen LogP contribution in [0, 0.1) is 11.8 Å². The second kappa shape index (κ2) is 11.3. The van der Waals surface area contributed by atoms with Crippen LogP contribution in [0.25, 0.3) is 0 Å². The van der Waals surface area contributed by atoms with E-state index in [-0.39, 0.29) is 19.0 Å². The van der Waals surface area contributed by atoms with Crippen molar-refractivity contribution in [2.45, 2.75) is 39.0 Å². The van der Waals surface area contributed by atoms with Crippen molar-refractivity contribution in [2.24, 2.45) is 16.8 Å². The second-order valence-electron chi connectivity index (χ2n) is 9.05. The second-order valence-corrected chi connectivity index (χ2v) is 9.49. The van der Waals surface area contributed by atoms with Crippen LogP contribution in [-0.4, -0.2) is 43.8 Å². The lowest BCUT2D eigenvalue weighted by Gasteiger charge is -2.41. The molecule has 0 saturated heterocycles. The summed E-state index contributed by atoms with van der Waals surface area (Å²) in [7, 11) is 1.57. The summed E-state index contributed by atoms with van der Waals surface area (Å²) in [5.74, 6) is -3.85. The van der Waals surface area contributed by atoms with Crippen LogP contribution in [0.1, 0.15) is 50.2 Å². The number of rotatable bonds is 7. The summed E-state index contributed by atoms with van der Waals surface area (Å²) in [6, 6.07) is 14.4. The average molecular weight is 524 g/mol. The summed E-state index contributed by atoms with van der Waals surface area (Å²) in [5.41, 5.74) is 2.95. The highest BCUT2D eigenvalue weighted by Crippen LogP contribution is 2.48. The Morgan fingerprint density at radius 2 is 1.70 bits per heavy atom. The molecule has 0 spiro atoms. The van der Waals surface area contributed by atoms with Gasteiger partial charge in [-0.3, -0.25) is 14.6 Å². The van der Waals surface area contributed by atoms with Crippen molar-refractivity contribution in [3.63, 3.8) is 0 Å². The molecule has 1 heterocycles. The van der Waals surface area contributed by atoms with Gasteiger partial charge in [0.05, 0.1) is 31.8 Å². The molecule has 37 heavy (non-hydrogen) atoms. The van der Waals surface area contributed by atoms with E-state index in [0.717, 1.165) is 11.1 Å². The largest absolute Gasteiger partial charge is 0.497 e. The zero-order valence-electron chi connectivity index (χ0n) is 21.3. The SMILES string of the molecule is CCOC(=O)C1=C(C)N=C2C[C@@H](c3cccc(OC)c3)[C@@H](C(=O)OCC)C(=O)C2[C@@H]1c1ccc(Cl)cc1. The fourth-order valence-corrected chi connectivity index (χ4v) is 5.50. The first-order chi connectivity index (χ1) is 17.8. The predicted molar refractivity (Wildman–Crippen MR) is 140 cm³/mol. The minimum atomic E-state index is -1.06. The summed E-state index contributed by atoms with van der Waals surface area (Å²) in [5, 5.41) is 0.532. The number of Topliss-reactive ketones (excluding diaryl/α,β-unsaturated/α-hetero) is 1.